The van der Waals surface area contributed by atoms with Crippen LogP contribution in [0.25, 0.3) is 11.3 Å². The van der Waals surface area contributed by atoms with E-state index in [4.69, 9.17) is 0 Å². The highest BCUT2D eigenvalue weighted by Crippen LogP contribution is 2.26. The van der Waals surface area contributed by atoms with Crippen molar-refractivity contribution in [1.29, 1.82) is 0 Å². The first kappa shape index (κ1) is 11.5. The van der Waals surface area contributed by atoms with Gasteiger partial charge >= 0.3 is 0 Å². The number of aryl methyl sites for hydroxylation is 2. The number of pyridine rings is 1. The first-order valence-corrected chi connectivity index (χ1v) is 5.67. The standard InChI is InChI=1S/C15H16N2/c1-11-8-12(2)15(13(9-11)10-16-3)14-6-4-5-7-17-14/h4-10H,1-3H3. The molecule has 0 aliphatic carbocycles. The number of benzene rings is 1. The minimum Gasteiger partial charge on any atom is -0.296 e. The summed E-state index contributed by atoms with van der Waals surface area (Å²) in [6.07, 6.45) is 3.71. The maximum absolute atomic E-state index is 4.42. The van der Waals surface area contributed by atoms with E-state index in [9.17, 15) is 0 Å². The number of aromatic nitrogens is 1. The monoisotopic (exact) mass is 224 g/mol. The van der Waals surface area contributed by atoms with Gasteiger partial charge in [0.05, 0.1) is 5.69 Å². The Hall–Kier alpha value is -1.96. The molecule has 2 rings (SSSR count). The van der Waals surface area contributed by atoms with Crippen molar-refractivity contribution in [3.63, 3.8) is 0 Å². The van der Waals surface area contributed by atoms with Gasteiger partial charge in [-0.05, 0) is 37.6 Å². The third-order valence-corrected chi connectivity index (χ3v) is 2.70. The molecule has 0 saturated heterocycles. The number of rotatable bonds is 2. The average Bonchev–Trinajstić information content (AvgIpc) is 2.30. The molecule has 0 atom stereocenters. The Morgan fingerprint density at radius 2 is 2.00 bits per heavy atom. The van der Waals surface area contributed by atoms with Crippen molar-refractivity contribution in [1.82, 2.24) is 4.98 Å². The van der Waals surface area contributed by atoms with Gasteiger partial charge in [-0.2, -0.15) is 0 Å². The molecule has 1 aromatic heterocycles. The van der Waals surface area contributed by atoms with Crippen molar-refractivity contribution < 1.29 is 0 Å². The summed E-state index contributed by atoms with van der Waals surface area (Å²) in [7, 11) is 1.79. The highest BCUT2D eigenvalue weighted by molar-refractivity contribution is 5.91. The molecule has 0 spiro atoms. The summed E-state index contributed by atoms with van der Waals surface area (Å²) in [5.41, 5.74) is 5.78. The van der Waals surface area contributed by atoms with E-state index in [1.165, 1.54) is 16.7 Å². The van der Waals surface area contributed by atoms with Crippen LogP contribution in [-0.2, 0) is 0 Å². The fraction of sp³-hybridized carbons (Fsp3) is 0.200. The lowest BCUT2D eigenvalue weighted by Gasteiger charge is -2.10. The van der Waals surface area contributed by atoms with Gasteiger partial charge in [0.25, 0.3) is 0 Å². The zero-order valence-electron chi connectivity index (χ0n) is 10.4. The van der Waals surface area contributed by atoms with Gasteiger partial charge in [-0.15, -0.1) is 0 Å². The van der Waals surface area contributed by atoms with E-state index in [-0.39, 0.29) is 0 Å². The van der Waals surface area contributed by atoms with Crippen LogP contribution in [0.5, 0.6) is 0 Å². The van der Waals surface area contributed by atoms with Crippen molar-refractivity contribution in [3.05, 3.63) is 53.2 Å². The molecule has 1 aromatic carbocycles. The number of aliphatic imine (C=N–C) groups is 1. The van der Waals surface area contributed by atoms with Crippen LogP contribution in [0.15, 0.2) is 41.5 Å². The molecule has 0 aliphatic rings. The zero-order chi connectivity index (χ0) is 12.3. The summed E-state index contributed by atoms with van der Waals surface area (Å²) in [4.78, 5) is 8.54. The lowest BCUT2D eigenvalue weighted by atomic mass is 9.96. The van der Waals surface area contributed by atoms with E-state index < -0.39 is 0 Å². The lowest BCUT2D eigenvalue weighted by Crippen LogP contribution is -1.95. The van der Waals surface area contributed by atoms with Crippen LogP contribution in [0.3, 0.4) is 0 Å². The Bertz CT molecular complexity index is 542. The van der Waals surface area contributed by atoms with E-state index >= 15 is 0 Å². The van der Waals surface area contributed by atoms with Crippen molar-refractivity contribution in [2.45, 2.75) is 13.8 Å². The van der Waals surface area contributed by atoms with Crippen molar-refractivity contribution in [2.24, 2.45) is 4.99 Å². The summed E-state index contributed by atoms with van der Waals surface area (Å²) in [5.74, 6) is 0. The highest BCUT2D eigenvalue weighted by atomic mass is 14.7. The molecular weight excluding hydrogens is 208 g/mol. The Morgan fingerprint density at radius 3 is 2.65 bits per heavy atom. The first-order chi connectivity index (χ1) is 8.22. The molecule has 0 fully saturated rings. The van der Waals surface area contributed by atoms with Crippen molar-refractivity contribution in [2.75, 3.05) is 7.05 Å². The third kappa shape index (κ3) is 2.41. The normalized spacial score (nSPS) is 11.0. The van der Waals surface area contributed by atoms with Gasteiger partial charge in [-0.3, -0.25) is 9.98 Å². The molecule has 0 bridgehead atoms. The second-order valence-electron chi connectivity index (χ2n) is 4.15. The Labute approximate surface area is 102 Å². The fourth-order valence-electron chi connectivity index (χ4n) is 2.10. The van der Waals surface area contributed by atoms with Crippen LogP contribution in [0.4, 0.5) is 0 Å². The van der Waals surface area contributed by atoms with E-state index in [0.29, 0.717) is 0 Å². The molecule has 0 amide bonds. The van der Waals surface area contributed by atoms with Crippen LogP contribution < -0.4 is 0 Å². The molecule has 1 heterocycles. The minimum absolute atomic E-state index is 1.000. The van der Waals surface area contributed by atoms with E-state index in [1.807, 2.05) is 30.6 Å². The summed E-state index contributed by atoms with van der Waals surface area (Å²) >= 11 is 0. The quantitative estimate of drug-likeness (QED) is 0.717. The minimum atomic E-state index is 1.000. The van der Waals surface area contributed by atoms with Crippen LogP contribution in [0.1, 0.15) is 16.7 Å². The Balaban J connectivity index is 2.67. The molecular formula is C15H16N2. The molecule has 2 nitrogen and oxygen atoms in total. The van der Waals surface area contributed by atoms with E-state index in [1.54, 1.807) is 7.05 Å². The maximum atomic E-state index is 4.42. The van der Waals surface area contributed by atoms with Crippen LogP contribution in [0.2, 0.25) is 0 Å². The van der Waals surface area contributed by atoms with Crippen LogP contribution in [-0.4, -0.2) is 18.2 Å². The molecule has 0 unspecified atom stereocenters. The predicted octanol–water partition coefficient (Wildman–Crippen LogP) is 3.41. The topological polar surface area (TPSA) is 25.2 Å². The maximum Gasteiger partial charge on any atom is 0.0711 e. The smallest absolute Gasteiger partial charge is 0.0711 e. The number of hydrogen-bond donors (Lipinski definition) is 0. The zero-order valence-corrected chi connectivity index (χ0v) is 10.4. The van der Waals surface area contributed by atoms with Crippen LogP contribution in [0, 0.1) is 13.8 Å². The van der Waals surface area contributed by atoms with Gasteiger partial charge in [0.1, 0.15) is 0 Å². The molecule has 2 heteroatoms. The summed E-state index contributed by atoms with van der Waals surface area (Å²) in [5, 5.41) is 0. The average molecular weight is 224 g/mol. The second-order valence-corrected chi connectivity index (χ2v) is 4.15. The second kappa shape index (κ2) is 4.91. The molecule has 2 aromatic rings. The van der Waals surface area contributed by atoms with Crippen molar-refractivity contribution in [3.8, 4) is 11.3 Å². The van der Waals surface area contributed by atoms with Gasteiger partial charge in [0, 0.05) is 30.6 Å². The predicted molar refractivity (Wildman–Crippen MR) is 72.7 cm³/mol. The van der Waals surface area contributed by atoms with Crippen molar-refractivity contribution >= 4 is 6.21 Å². The molecule has 0 radical (unpaired) electrons. The Kier molecular flexibility index (Phi) is 3.33. The number of nitrogens with zero attached hydrogens (tertiary/aromatic N) is 2. The molecule has 0 N–H and O–H groups in total. The van der Waals surface area contributed by atoms with Gasteiger partial charge in [-0.1, -0.05) is 17.7 Å². The fourth-order valence-corrected chi connectivity index (χ4v) is 2.10. The molecule has 17 heavy (non-hydrogen) atoms. The third-order valence-electron chi connectivity index (χ3n) is 2.70. The lowest BCUT2D eigenvalue weighted by molar-refractivity contribution is 1.29. The van der Waals surface area contributed by atoms with Gasteiger partial charge in [-0.25, -0.2) is 0 Å². The Morgan fingerprint density at radius 1 is 1.18 bits per heavy atom. The van der Waals surface area contributed by atoms with Gasteiger partial charge < -0.3 is 0 Å². The van der Waals surface area contributed by atoms with Gasteiger partial charge in [0.15, 0.2) is 0 Å². The summed E-state index contributed by atoms with van der Waals surface area (Å²) in [6, 6.07) is 10.3. The molecule has 0 aliphatic heterocycles. The first-order valence-electron chi connectivity index (χ1n) is 5.67. The molecule has 86 valence electrons. The largest absolute Gasteiger partial charge is 0.296 e. The van der Waals surface area contributed by atoms with E-state index in [0.717, 1.165) is 11.3 Å². The van der Waals surface area contributed by atoms with E-state index in [2.05, 4.69) is 36.0 Å². The number of hydrogen-bond acceptors (Lipinski definition) is 2. The van der Waals surface area contributed by atoms with Gasteiger partial charge in [0.2, 0.25) is 0 Å². The highest BCUT2D eigenvalue weighted by Gasteiger charge is 2.08. The summed E-state index contributed by atoms with van der Waals surface area (Å²) in [6.45, 7) is 4.21. The SMILES string of the molecule is CN=Cc1cc(C)cc(C)c1-c1ccccn1. The molecule has 0 saturated carbocycles. The summed E-state index contributed by atoms with van der Waals surface area (Å²) < 4.78 is 0. The van der Waals surface area contributed by atoms with Crippen LogP contribution >= 0.6 is 0 Å².